The zero-order valence-corrected chi connectivity index (χ0v) is 21.1. The fourth-order valence-electron chi connectivity index (χ4n) is 4.57. The highest BCUT2D eigenvalue weighted by molar-refractivity contribution is 7.89. The Hall–Kier alpha value is -2.96. The molecule has 178 valence electrons. The molecule has 3 aromatic rings. The van der Waals surface area contributed by atoms with Gasteiger partial charge in [0.1, 0.15) is 0 Å². The van der Waals surface area contributed by atoms with Crippen molar-refractivity contribution in [1.82, 2.24) is 4.31 Å². The van der Waals surface area contributed by atoms with Crippen LogP contribution in [0.1, 0.15) is 44.9 Å². The zero-order valence-electron chi connectivity index (χ0n) is 20.3. The van der Waals surface area contributed by atoms with Crippen molar-refractivity contribution in [2.45, 2.75) is 51.6 Å². The minimum atomic E-state index is -3.96. The molecule has 1 heterocycles. The fraction of sp³-hybridized carbons (Fsp3) is 0.321. The summed E-state index contributed by atoms with van der Waals surface area (Å²) in [5, 5.41) is 1.89. The Morgan fingerprint density at radius 3 is 2.26 bits per heavy atom. The Morgan fingerprint density at radius 2 is 1.62 bits per heavy atom. The predicted molar refractivity (Wildman–Crippen MR) is 135 cm³/mol. The van der Waals surface area contributed by atoms with Gasteiger partial charge < -0.3 is 4.74 Å². The number of sulfonamides is 1. The molecule has 0 radical (unpaired) electrons. The van der Waals surface area contributed by atoms with Gasteiger partial charge in [-0.25, -0.2) is 13.2 Å². The van der Waals surface area contributed by atoms with Gasteiger partial charge in [0, 0.05) is 6.04 Å². The first kappa shape index (κ1) is 24.2. The number of hydrogen-bond donors (Lipinski definition) is 0. The molecule has 1 aliphatic heterocycles. The highest BCUT2D eigenvalue weighted by atomic mass is 32.2. The standard InChI is InChI=1S/C28H31NO4S/c1-6-33-27(30)24-18-25(28(3,4)5)29(34(31,32)21-16-14-19(2)15-17-21)26(24)23-13-9-11-20-10-7-8-12-22(20)23/h7-18,25-26H,6H2,1-5H3/t25-,26-/m0/s1. The molecule has 0 fully saturated rings. The second-order valence-corrected chi connectivity index (χ2v) is 11.6. The molecule has 4 rings (SSSR count). The van der Waals surface area contributed by atoms with E-state index in [2.05, 4.69) is 0 Å². The maximum absolute atomic E-state index is 14.2. The third-order valence-corrected chi connectivity index (χ3v) is 8.13. The number of aryl methyl sites for hydroxylation is 1. The van der Waals surface area contributed by atoms with Crippen molar-refractivity contribution >= 4 is 26.8 Å². The molecule has 0 spiro atoms. The van der Waals surface area contributed by atoms with Gasteiger partial charge in [-0.1, -0.05) is 87.0 Å². The number of fused-ring (bicyclic) bond motifs is 1. The van der Waals surface area contributed by atoms with Crippen LogP contribution in [-0.2, 0) is 19.6 Å². The average molecular weight is 478 g/mol. The van der Waals surface area contributed by atoms with E-state index in [4.69, 9.17) is 4.74 Å². The summed E-state index contributed by atoms with van der Waals surface area (Å²) in [4.78, 5) is 13.4. The predicted octanol–water partition coefficient (Wildman–Crippen LogP) is 5.80. The van der Waals surface area contributed by atoms with E-state index in [-0.39, 0.29) is 11.5 Å². The lowest BCUT2D eigenvalue weighted by atomic mass is 9.87. The number of carbonyl (C=O) groups excluding carboxylic acids is 1. The molecular weight excluding hydrogens is 446 g/mol. The summed E-state index contributed by atoms with van der Waals surface area (Å²) in [6.45, 7) is 9.84. The molecule has 5 nitrogen and oxygen atoms in total. The molecule has 0 N–H and O–H groups in total. The quantitative estimate of drug-likeness (QED) is 0.436. The lowest BCUT2D eigenvalue weighted by molar-refractivity contribution is -0.138. The van der Waals surface area contributed by atoms with E-state index in [1.165, 1.54) is 4.31 Å². The number of ether oxygens (including phenoxy) is 1. The van der Waals surface area contributed by atoms with E-state index in [0.717, 1.165) is 21.9 Å². The third-order valence-electron chi connectivity index (χ3n) is 6.27. The largest absolute Gasteiger partial charge is 0.463 e. The van der Waals surface area contributed by atoms with Gasteiger partial charge >= 0.3 is 5.97 Å². The maximum Gasteiger partial charge on any atom is 0.335 e. The molecule has 0 saturated carbocycles. The first-order valence-corrected chi connectivity index (χ1v) is 13.0. The van der Waals surface area contributed by atoms with Crippen LogP contribution in [0.3, 0.4) is 0 Å². The van der Waals surface area contributed by atoms with Gasteiger partial charge in [-0.3, -0.25) is 0 Å². The van der Waals surface area contributed by atoms with Crippen LogP contribution in [0.5, 0.6) is 0 Å². The van der Waals surface area contributed by atoms with E-state index < -0.39 is 33.5 Å². The Labute approximate surface area is 202 Å². The van der Waals surface area contributed by atoms with Crippen LogP contribution in [0.4, 0.5) is 0 Å². The zero-order chi connectivity index (χ0) is 24.7. The first-order chi connectivity index (χ1) is 16.1. The van der Waals surface area contributed by atoms with E-state index >= 15 is 0 Å². The van der Waals surface area contributed by atoms with Gasteiger partial charge in [0.2, 0.25) is 10.0 Å². The van der Waals surface area contributed by atoms with E-state index in [1.807, 2.05) is 70.2 Å². The van der Waals surface area contributed by atoms with Crippen LogP contribution >= 0.6 is 0 Å². The van der Waals surface area contributed by atoms with Crippen LogP contribution < -0.4 is 0 Å². The molecule has 1 aliphatic rings. The number of nitrogens with zero attached hydrogens (tertiary/aromatic N) is 1. The maximum atomic E-state index is 14.2. The van der Waals surface area contributed by atoms with Crippen LogP contribution in [0.2, 0.25) is 0 Å². The molecule has 3 aromatic carbocycles. The molecule has 0 saturated heterocycles. The monoisotopic (exact) mass is 477 g/mol. The molecule has 0 aromatic heterocycles. The molecule has 0 unspecified atom stereocenters. The normalized spacial score (nSPS) is 19.3. The highest BCUT2D eigenvalue weighted by Gasteiger charge is 2.50. The summed E-state index contributed by atoms with van der Waals surface area (Å²) in [6.07, 6.45) is 1.79. The topological polar surface area (TPSA) is 63.7 Å². The van der Waals surface area contributed by atoms with E-state index in [0.29, 0.717) is 5.57 Å². The number of benzene rings is 3. The van der Waals surface area contributed by atoms with Crippen molar-refractivity contribution in [3.05, 3.63) is 89.5 Å². The molecule has 2 atom stereocenters. The number of rotatable bonds is 5. The Kier molecular flexibility index (Phi) is 6.40. The summed E-state index contributed by atoms with van der Waals surface area (Å²) in [5.74, 6) is -0.490. The van der Waals surface area contributed by atoms with Crippen molar-refractivity contribution in [3.63, 3.8) is 0 Å². The van der Waals surface area contributed by atoms with Crippen molar-refractivity contribution in [2.75, 3.05) is 6.61 Å². The molecular formula is C28H31NO4S. The van der Waals surface area contributed by atoms with Gasteiger partial charge in [-0.15, -0.1) is 0 Å². The lowest BCUT2D eigenvalue weighted by Crippen LogP contribution is -2.45. The molecule has 0 amide bonds. The summed E-state index contributed by atoms with van der Waals surface area (Å²) in [7, 11) is -3.96. The van der Waals surface area contributed by atoms with Gasteiger partial charge in [-0.05, 0) is 47.7 Å². The molecule has 34 heavy (non-hydrogen) atoms. The molecule has 6 heteroatoms. The summed E-state index contributed by atoms with van der Waals surface area (Å²) < 4.78 is 35.3. The van der Waals surface area contributed by atoms with Crippen LogP contribution in [0, 0.1) is 12.3 Å². The second-order valence-electron chi connectivity index (χ2n) is 9.77. The summed E-state index contributed by atoms with van der Waals surface area (Å²) >= 11 is 0. The minimum absolute atomic E-state index is 0.205. The molecule has 0 aliphatic carbocycles. The van der Waals surface area contributed by atoms with Crippen LogP contribution in [0.15, 0.2) is 83.3 Å². The fourth-order valence-corrected chi connectivity index (χ4v) is 6.48. The number of esters is 1. The highest BCUT2D eigenvalue weighted by Crippen LogP contribution is 2.47. The van der Waals surface area contributed by atoms with Crippen molar-refractivity contribution in [2.24, 2.45) is 5.41 Å². The average Bonchev–Trinajstić information content (AvgIpc) is 3.21. The minimum Gasteiger partial charge on any atom is -0.463 e. The smallest absolute Gasteiger partial charge is 0.335 e. The van der Waals surface area contributed by atoms with E-state index in [1.54, 1.807) is 37.3 Å². The van der Waals surface area contributed by atoms with Crippen molar-refractivity contribution in [3.8, 4) is 0 Å². The van der Waals surface area contributed by atoms with Crippen LogP contribution in [0.25, 0.3) is 10.8 Å². The third kappa shape index (κ3) is 4.28. The second kappa shape index (κ2) is 9.01. The first-order valence-electron chi connectivity index (χ1n) is 11.5. The summed E-state index contributed by atoms with van der Waals surface area (Å²) in [6, 6.07) is 19.1. The van der Waals surface area contributed by atoms with Gasteiger partial charge in [0.25, 0.3) is 0 Å². The van der Waals surface area contributed by atoms with Crippen molar-refractivity contribution < 1.29 is 17.9 Å². The van der Waals surface area contributed by atoms with E-state index in [9.17, 15) is 13.2 Å². The Morgan fingerprint density at radius 1 is 0.971 bits per heavy atom. The van der Waals surface area contributed by atoms with Crippen LogP contribution in [-0.4, -0.2) is 31.3 Å². The number of carbonyl (C=O) groups is 1. The Balaban J connectivity index is 2.00. The van der Waals surface area contributed by atoms with Gasteiger partial charge in [-0.2, -0.15) is 4.31 Å². The number of hydrogen-bond acceptors (Lipinski definition) is 4. The summed E-state index contributed by atoms with van der Waals surface area (Å²) in [5.41, 5.74) is 1.63. The SMILES string of the molecule is CCOC(=O)C1=C[C@@H](C(C)(C)C)N(S(=O)(=O)c2ccc(C)cc2)[C@H]1c1cccc2ccccc12. The van der Waals surface area contributed by atoms with Gasteiger partial charge in [0.15, 0.2) is 0 Å². The van der Waals surface area contributed by atoms with Gasteiger partial charge in [0.05, 0.1) is 23.1 Å². The molecule has 0 bridgehead atoms. The Bertz CT molecular complexity index is 1350. The van der Waals surface area contributed by atoms with Crippen molar-refractivity contribution in [1.29, 1.82) is 0 Å². The lowest BCUT2D eigenvalue weighted by Gasteiger charge is -2.37.